The lowest BCUT2D eigenvalue weighted by atomic mass is 10.1. The van der Waals surface area contributed by atoms with Gasteiger partial charge in [-0.15, -0.1) is 0 Å². The van der Waals surface area contributed by atoms with Gasteiger partial charge in [-0.2, -0.15) is 0 Å². The van der Waals surface area contributed by atoms with E-state index in [0.29, 0.717) is 18.7 Å². The van der Waals surface area contributed by atoms with Gasteiger partial charge in [-0.05, 0) is 30.5 Å². The zero-order valence-corrected chi connectivity index (χ0v) is 12.7. The quantitative estimate of drug-likeness (QED) is 0.669. The van der Waals surface area contributed by atoms with Crippen LogP contribution in [0.1, 0.15) is 23.8 Å². The molecule has 0 bridgehead atoms. The molecule has 2 rings (SSSR count). The fourth-order valence-corrected chi connectivity index (χ4v) is 2.07. The first kappa shape index (κ1) is 16.8. The maximum atomic E-state index is 11.6. The highest BCUT2D eigenvalue weighted by atomic mass is 16.4. The maximum Gasteiger partial charge on any atom is 0.309 e. The molecule has 0 aliphatic carbocycles. The summed E-state index contributed by atoms with van der Waals surface area (Å²) in [5.41, 5.74) is 1.09. The maximum absolute atomic E-state index is 11.6. The molecule has 0 radical (unpaired) electrons. The summed E-state index contributed by atoms with van der Waals surface area (Å²) < 4.78 is 5.05. The standard InChI is InChI=1S/C17H20N2O4/c20-14(15-7-4-12-23-15)9-11-19-17(22)16(21)18-10-8-13-5-2-1-3-6-13/h1-7,12,14,20H,8-11H2,(H,18,21)(H,19,22)/t14-/m0/s1. The van der Waals surface area contributed by atoms with Crippen LogP contribution in [0.2, 0.25) is 0 Å². The molecule has 0 fully saturated rings. The largest absolute Gasteiger partial charge is 0.467 e. The highest BCUT2D eigenvalue weighted by Crippen LogP contribution is 2.15. The second-order valence-electron chi connectivity index (χ2n) is 5.07. The molecule has 0 saturated carbocycles. The number of hydrogen-bond acceptors (Lipinski definition) is 4. The zero-order valence-electron chi connectivity index (χ0n) is 12.7. The van der Waals surface area contributed by atoms with Crippen molar-refractivity contribution in [2.45, 2.75) is 18.9 Å². The van der Waals surface area contributed by atoms with Crippen LogP contribution in [0.5, 0.6) is 0 Å². The molecule has 6 nitrogen and oxygen atoms in total. The van der Waals surface area contributed by atoms with Gasteiger partial charge < -0.3 is 20.2 Å². The molecule has 0 unspecified atom stereocenters. The van der Waals surface area contributed by atoms with Crippen LogP contribution in [-0.2, 0) is 16.0 Å². The predicted molar refractivity (Wildman–Crippen MR) is 84.5 cm³/mol. The zero-order chi connectivity index (χ0) is 16.5. The number of hydrogen-bond donors (Lipinski definition) is 3. The van der Waals surface area contributed by atoms with Gasteiger partial charge in [0.1, 0.15) is 11.9 Å². The first-order chi connectivity index (χ1) is 11.2. The molecule has 1 heterocycles. The van der Waals surface area contributed by atoms with Crippen molar-refractivity contribution in [1.82, 2.24) is 10.6 Å². The van der Waals surface area contributed by atoms with Gasteiger partial charge in [0.25, 0.3) is 0 Å². The predicted octanol–water partition coefficient (Wildman–Crippen LogP) is 1.18. The van der Waals surface area contributed by atoms with Crippen LogP contribution in [0.15, 0.2) is 53.1 Å². The molecule has 0 aliphatic heterocycles. The fourth-order valence-electron chi connectivity index (χ4n) is 2.07. The number of carbonyl (C=O) groups is 2. The van der Waals surface area contributed by atoms with Crippen molar-refractivity contribution in [3.63, 3.8) is 0 Å². The highest BCUT2D eigenvalue weighted by Gasteiger charge is 2.14. The summed E-state index contributed by atoms with van der Waals surface area (Å²) in [7, 11) is 0. The Kier molecular flexibility index (Phi) is 6.38. The van der Waals surface area contributed by atoms with Crippen LogP contribution in [-0.4, -0.2) is 30.0 Å². The van der Waals surface area contributed by atoms with E-state index < -0.39 is 17.9 Å². The van der Waals surface area contributed by atoms with Crippen LogP contribution in [0, 0.1) is 0 Å². The summed E-state index contributed by atoms with van der Waals surface area (Å²) >= 11 is 0. The molecule has 0 saturated heterocycles. The Morgan fingerprint density at radius 2 is 1.70 bits per heavy atom. The average Bonchev–Trinajstić information content (AvgIpc) is 3.10. The van der Waals surface area contributed by atoms with Crippen LogP contribution in [0.4, 0.5) is 0 Å². The van der Waals surface area contributed by atoms with E-state index in [1.54, 1.807) is 12.1 Å². The monoisotopic (exact) mass is 316 g/mol. The number of rotatable bonds is 7. The van der Waals surface area contributed by atoms with Gasteiger partial charge >= 0.3 is 11.8 Å². The van der Waals surface area contributed by atoms with E-state index in [-0.39, 0.29) is 13.0 Å². The van der Waals surface area contributed by atoms with Gasteiger partial charge in [0, 0.05) is 13.1 Å². The summed E-state index contributed by atoms with van der Waals surface area (Å²) in [6.07, 6.45) is 1.61. The molecular formula is C17H20N2O4. The van der Waals surface area contributed by atoms with Crippen LogP contribution in [0.3, 0.4) is 0 Å². The van der Waals surface area contributed by atoms with Gasteiger partial charge in [0.2, 0.25) is 0 Å². The lowest BCUT2D eigenvalue weighted by Crippen LogP contribution is -2.41. The number of aliphatic hydroxyl groups excluding tert-OH is 1. The summed E-state index contributed by atoms with van der Waals surface area (Å²) in [6, 6.07) is 13.0. The Bertz CT molecular complexity index is 611. The van der Waals surface area contributed by atoms with Crippen molar-refractivity contribution in [2.24, 2.45) is 0 Å². The molecule has 1 aromatic heterocycles. The number of benzene rings is 1. The lowest BCUT2D eigenvalue weighted by Gasteiger charge is -2.09. The van der Waals surface area contributed by atoms with Crippen LogP contribution >= 0.6 is 0 Å². The minimum atomic E-state index is -0.800. The normalized spacial score (nSPS) is 11.7. The first-order valence-corrected chi connectivity index (χ1v) is 7.48. The van der Waals surface area contributed by atoms with E-state index in [1.165, 1.54) is 6.26 Å². The molecule has 0 aliphatic rings. The Labute approximate surface area is 134 Å². The van der Waals surface area contributed by atoms with Gasteiger partial charge in [0.15, 0.2) is 0 Å². The number of aliphatic hydroxyl groups is 1. The van der Waals surface area contributed by atoms with Crippen molar-refractivity contribution in [3.8, 4) is 0 Å². The molecule has 0 spiro atoms. The number of carbonyl (C=O) groups excluding carboxylic acids is 2. The second kappa shape index (κ2) is 8.75. The molecule has 2 aromatic rings. The van der Waals surface area contributed by atoms with E-state index in [4.69, 9.17) is 4.42 Å². The minimum Gasteiger partial charge on any atom is -0.467 e. The molecule has 2 amide bonds. The third-order valence-electron chi connectivity index (χ3n) is 3.32. The van der Waals surface area contributed by atoms with Gasteiger partial charge in [-0.1, -0.05) is 30.3 Å². The lowest BCUT2D eigenvalue weighted by molar-refractivity contribution is -0.139. The number of nitrogens with one attached hydrogen (secondary N) is 2. The number of amides is 2. The van der Waals surface area contributed by atoms with Crippen molar-refractivity contribution in [2.75, 3.05) is 13.1 Å². The Morgan fingerprint density at radius 3 is 2.35 bits per heavy atom. The molecule has 23 heavy (non-hydrogen) atoms. The smallest absolute Gasteiger partial charge is 0.309 e. The first-order valence-electron chi connectivity index (χ1n) is 7.48. The van der Waals surface area contributed by atoms with Gasteiger partial charge in [-0.25, -0.2) is 0 Å². The van der Waals surface area contributed by atoms with Crippen molar-refractivity contribution in [1.29, 1.82) is 0 Å². The van der Waals surface area contributed by atoms with E-state index >= 15 is 0 Å². The van der Waals surface area contributed by atoms with Crippen molar-refractivity contribution >= 4 is 11.8 Å². The van der Waals surface area contributed by atoms with Gasteiger partial charge in [0.05, 0.1) is 6.26 Å². The number of furan rings is 1. The van der Waals surface area contributed by atoms with E-state index in [0.717, 1.165) is 5.56 Å². The topological polar surface area (TPSA) is 91.6 Å². The van der Waals surface area contributed by atoms with E-state index in [9.17, 15) is 14.7 Å². The molecule has 3 N–H and O–H groups in total. The van der Waals surface area contributed by atoms with E-state index in [2.05, 4.69) is 10.6 Å². The Hall–Kier alpha value is -2.60. The molecule has 6 heteroatoms. The van der Waals surface area contributed by atoms with Crippen LogP contribution < -0.4 is 10.6 Å². The third kappa shape index (κ3) is 5.60. The second-order valence-corrected chi connectivity index (χ2v) is 5.07. The Balaban J connectivity index is 1.62. The summed E-state index contributed by atoms with van der Waals surface area (Å²) in [5, 5.41) is 14.8. The summed E-state index contributed by atoms with van der Waals surface area (Å²) in [6.45, 7) is 0.581. The van der Waals surface area contributed by atoms with Crippen molar-refractivity contribution < 1.29 is 19.1 Å². The molecule has 122 valence electrons. The third-order valence-corrected chi connectivity index (χ3v) is 3.32. The minimum absolute atomic E-state index is 0.187. The van der Waals surface area contributed by atoms with Crippen molar-refractivity contribution in [3.05, 3.63) is 60.1 Å². The SMILES string of the molecule is O=C(NCCc1ccccc1)C(=O)NCC[C@H](O)c1ccco1. The fraction of sp³-hybridized carbons (Fsp3) is 0.294. The molecule has 1 aromatic carbocycles. The summed E-state index contributed by atoms with van der Waals surface area (Å²) in [4.78, 5) is 23.3. The average molecular weight is 316 g/mol. The molecular weight excluding hydrogens is 296 g/mol. The Morgan fingerprint density at radius 1 is 1.00 bits per heavy atom. The van der Waals surface area contributed by atoms with Gasteiger partial charge in [-0.3, -0.25) is 9.59 Å². The van der Waals surface area contributed by atoms with E-state index in [1.807, 2.05) is 30.3 Å². The van der Waals surface area contributed by atoms with Crippen LogP contribution in [0.25, 0.3) is 0 Å². The highest BCUT2D eigenvalue weighted by molar-refractivity contribution is 6.35. The summed E-state index contributed by atoms with van der Waals surface area (Å²) in [5.74, 6) is -0.940. The molecule has 1 atom stereocenters.